The molecule has 3 heterocycles. The van der Waals surface area contributed by atoms with Crippen molar-refractivity contribution >= 4 is 29.2 Å². The van der Waals surface area contributed by atoms with E-state index in [9.17, 15) is 9.59 Å². The first-order valence-electron chi connectivity index (χ1n) is 8.16. The highest BCUT2D eigenvalue weighted by Crippen LogP contribution is 2.52. The molecule has 4 rings (SSSR count). The second-order valence-corrected chi connectivity index (χ2v) is 6.91. The number of carbonyl (C=O) groups is 2. The van der Waals surface area contributed by atoms with Crippen LogP contribution in [0, 0.1) is 11.8 Å². The number of hydrogen-bond acceptors (Lipinski definition) is 4. The van der Waals surface area contributed by atoms with E-state index in [-0.39, 0.29) is 18.0 Å². The maximum absolute atomic E-state index is 13.0. The number of rotatable bonds is 4. The van der Waals surface area contributed by atoms with Gasteiger partial charge in [0.25, 0.3) is 0 Å². The number of ether oxygens (including phenoxy) is 2. The molecule has 2 bridgehead atoms. The van der Waals surface area contributed by atoms with E-state index in [1.165, 1.54) is 0 Å². The fourth-order valence-electron chi connectivity index (χ4n) is 3.93. The predicted molar refractivity (Wildman–Crippen MR) is 88.8 cm³/mol. The lowest BCUT2D eigenvalue weighted by atomic mass is 9.77. The lowest BCUT2D eigenvalue weighted by Crippen LogP contribution is -2.40. The first-order chi connectivity index (χ1) is 11.6. The van der Waals surface area contributed by atoms with Crippen molar-refractivity contribution in [3.05, 3.63) is 41.4 Å². The quantitative estimate of drug-likeness (QED) is 0.620. The van der Waals surface area contributed by atoms with Gasteiger partial charge in [0.1, 0.15) is 11.5 Å². The number of amides is 1. The second-order valence-electron chi connectivity index (χ2n) is 6.47. The van der Waals surface area contributed by atoms with E-state index in [0.717, 1.165) is 12.1 Å². The van der Waals surface area contributed by atoms with Gasteiger partial charge in [0.15, 0.2) is 0 Å². The van der Waals surface area contributed by atoms with Crippen molar-refractivity contribution in [2.75, 3.05) is 18.1 Å². The Balaban J connectivity index is 1.65. The van der Waals surface area contributed by atoms with Crippen LogP contribution in [0.5, 0.6) is 0 Å². The van der Waals surface area contributed by atoms with Gasteiger partial charge in [0, 0.05) is 10.7 Å². The summed E-state index contributed by atoms with van der Waals surface area (Å²) in [5.41, 5.74) is -0.0163. The summed E-state index contributed by atoms with van der Waals surface area (Å²) in [5, 5.41) is 0.564. The average Bonchev–Trinajstić information content (AvgIpc) is 3.21. The lowest BCUT2D eigenvalue weighted by Gasteiger charge is -2.22. The van der Waals surface area contributed by atoms with Gasteiger partial charge in [0.05, 0.1) is 25.2 Å². The van der Waals surface area contributed by atoms with Crippen LogP contribution in [-0.2, 0) is 19.1 Å². The van der Waals surface area contributed by atoms with E-state index < -0.39 is 17.4 Å². The van der Waals surface area contributed by atoms with E-state index in [1.807, 2.05) is 25.1 Å². The summed E-state index contributed by atoms with van der Waals surface area (Å²) in [6.45, 7) is 2.69. The first-order valence-corrected chi connectivity index (χ1v) is 8.54. The number of nitrogens with zero attached hydrogens (tertiary/aromatic N) is 1. The molecule has 0 radical (unpaired) electrons. The second kappa shape index (κ2) is 5.60. The zero-order valence-corrected chi connectivity index (χ0v) is 14.0. The standard InChI is InChI=1S/C18H18ClNO4/c1-2-8-23-17(22)14-13-6-7-18(24-13)10-20(16(21)15(14)18)12-5-3-4-11(19)9-12/h3-7,9,13-15H,2,8,10H2,1H3/t13-,14?,15+,18-/m1/s1. The summed E-state index contributed by atoms with van der Waals surface area (Å²) in [6, 6.07) is 7.15. The average molecular weight is 348 g/mol. The molecule has 3 aliphatic rings. The number of carbonyl (C=O) groups excluding carboxylic acids is 2. The predicted octanol–water partition coefficient (Wildman–Crippen LogP) is 2.58. The third-order valence-corrected chi connectivity index (χ3v) is 5.18. The number of anilines is 1. The van der Waals surface area contributed by atoms with Crippen molar-refractivity contribution in [1.82, 2.24) is 0 Å². The van der Waals surface area contributed by atoms with Gasteiger partial charge in [-0.2, -0.15) is 0 Å². The van der Waals surface area contributed by atoms with Crippen LogP contribution < -0.4 is 4.90 Å². The highest BCUT2D eigenvalue weighted by atomic mass is 35.5. The minimum Gasteiger partial charge on any atom is -0.465 e. The Kier molecular flexibility index (Phi) is 3.66. The highest BCUT2D eigenvalue weighted by molar-refractivity contribution is 6.31. The Morgan fingerprint density at radius 2 is 2.33 bits per heavy atom. The van der Waals surface area contributed by atoms with Crippen molar-refractivity contribution in [3.8, 4) is 0 Å². The molecule has 5 nitrogen and oxygen atoms in total. The summed E-state index contributed by atoms with van der Waals surface area (Å²) >= 11 is 6.05. The molecule has 0 saturated carbocycles. The zero-order valence-electron chi connectivity index (χ0n) is 13.3. The molecule has 3 aliphatic heterocycles. The summed E-state index contributed by atoms with van der Waals surface area (Å²) in [4.78, 5) is 27.1. The zero-order chi connectivity index (χ0) is 16.9. The van der Waals surface area contributed by atoms with E-state index in [0.29, 0.717) is 18.2 Å². The van der Waals surface area contributed by atoms with E-state index >= 15 is 0 Å². The van der Waals surface area contributed by atoms with Crippen LogP contribution >= 0.6 is 11.6 Å². The van der Waals surface area contributed by atoms with Crippen LogP contribution in [0.2, 0.25) is 5.02 Å². The number of halogens is 1. The Hall–Kier alpha value is -1.85. The van der Waals surface area contributed by atoms with Gasteiger partial charge in [0.2, 0.25) is 5.91 Å². The molecule has 2 fully saturated rings. The Morgan fingerprint density at radius 1 is 1.50 bits per heavy atom. The lowest BCUT2D eigenvalue weighted by molar-refractivity contribution is -0.152. The van der Waals surface area contributed by atoms with Crippen LogP contribution in [-0.4, -0.2) is 36.7 Å². The van der Waals surface area contributed by atoms with Gasteiger partial charge in [-0.05, 0) is 24.6 Å². The summed E-state index contributed by atoms with van der Waals surface area (Å²) in [6.07, 6.45) is 4.18. The number of hydrogen-bond donors (Lipinski definition) is 0. The molecule has 2 saturated heterocycles. The third kappa shape index (κ3) is 2.19. The summed E-state index contributed by atoms with van der Waals surface area (Å²) in [7, 11) is 0. The van der Waals surface area contributed by atoms with Crippen LogP contribution in [0.1, 0.15) is 13.3 Å². The van der Waals surface area contributed by atoms with Gasteiger partial charge >= 0.3 is 5.97 Å². The normalized spacial score (nSPS) is 33.2. The summed E-state index contributed by atoms with van der Waals surface area (Å²) in [5.74, 6) is -1.56. The maximum Gasteiger partial charge on any atom is 0.312 e. The topological polar surface area (TPSA) is 55.8 Å². The van der Waals surface area contributed by atoms with E-state index in [2.05, 4.69) is 0 Å². The van der Waals surface area contributed by atoms with Crippen LogP contribution in [0.3, 0.4) is 0 Å². The Labute approximate surface area is 145 Å². The fourth-order valence-corrected chi connectivity index (χ4v) is 4.11. The Bertz CT molecular complexity index is 733. The van der Waals surface area contributed by atoms with Gasteiger partial charge in [-0.15, -0.1) is 0 Å². The minimum absolute atomic E-state index is 0.109. The maximum atomic E-state index is 13.0. The molecule has 6 heteroatoms. The Morgan fingerprint density at radius 3 is 3.08 bits per heavy atom. The third-order valence-electron chi connectivity index (χ3n) is 4.94. The molecule has 1 amide bonds. The van der Waals surface area contributed by atoms with Gasteiger partial charge < -0.3 is 14.4 Å². The van der Waals surface area contributed by atoms with Crippen LogP contribution in [0.15, 0.2) is 36.4 Å². The SMILES string of the molecule is CCCOC(=O)C1[C@H]2C(=O)N(c3cccc(Cl)c3)C[C@]23C=C[C@H]1O3. The molecule has 126 valence electrons. The molecule has 1 aromatic rings. The number of esters is 1. The molecular formula is C18H18ClNO4. The van der Waals surface area contributed by atoms with Crippen molar-refractivity contribution in [2.45, 2.75) is 25.0 Å². The van der Waals surface area contributed by atoms with E-state index in [1.54, 1.807) is 23.1 Å². The highest BCUT2D eigenvalue weighted by Gasteiger charge is 2.67. The van der Waals surface area contributed by atoms with Crippen molar-refractivity contribution < 1.29 is 19.1 Å². The molecule has 24 heavy (non-hydrogen) atoms. The molecule has 1 unspecified atom stereocenters. The molecule has 0 aromatic heterocycles. The number of fused-ring (bicyclic) bond motifs is 1. The molecule has 1 spiro atoms. The van der Waals surface area contributed by atoms with Gasteiger partial charge in [-0.3, -0.25) is 9.59 Å². The molecule has 0 aliphatic carbocycles. The fraction of sp³-hybridized carbons (Fsp3) is 0.444. The number of benzene rings is 1. The van der Waals surface area contributed by atoms with Crippen molar-refractivity contribution in [1.29, 1.82) is 0 Å². The largest absolute Gasteiger partial charge is 0.465 e. The summed E-state index contributed by atoms with van der Waals surface area (Å²) < 4.78 is 11.3. The molecule has 0 N–H and O–H groups in total. The van der Waals surface area contributed by atoms with Crippen molar-refractivity contribution in [3.63, 3.8) is 0 Å². The smallest absolute Gasteiger partial charge is 0.312 e. The van der Waals surface area contributed by atoms with Crippen LogP contribution in [0.4, 0.5) is 5.69 Å². The minimum atomic E-state index is -0.736. The monoisotopic (exact) mass is 347 g/mol. The molecule has 4 atom stereocenters. The van der Waals surface area contributed by atoms with Gasteiger partial charge in [-0.25, -0.2) is 0 Å². The van der Waals surface area contributed by atoms with Gasteiger partial charge in [-0.1, -0.05) is 36.7 Å². The molecule has 1 aromatic carbocycles. The first kappa shape index (κ1) is 15.7. The van der Waals surface area contributed by atoms with Crippen LogP contribution in [0.25, 0.3) is 0 Å². The molecular weight excluding hydrogens is 330 g/mol. The van der Waals surface area contributed by atoms with E-state index in [4.69, 9.17) is 21.1 Å². The van der Waals surface area contributed by atoms with Crippen molar-refractivity contribution in [2.24, 2.45) is 11.8 Å².